The van der Waals surface area contributed by atoms with Gasteiger partial charge in [0.2, 0.25) is 5.95 Å². The zero-order valence-electron chi connectivity index (χ0n) is 15.8. The minimum Gasteiger partial charge on any atom is -0.355 e. The first-order valence-electron chi connectivity index (χ1n) is 9.12. The van der Waals surface area contributed by atoms with Crippen molar-refractivity contribution in [3.8, 4) is 0 Å². The second kappa shape index (κ2) is 7.74. The molecule has 4 heterocycles. The fourth-order valence-electron chi connectivity index (χ4n) is 3.24. The molecule has 0 aliphatic heterocycles. The van der Waals surface area contributed by atoms with E-state index in [1.807, 2.05) is 13.0 Å². The van der Waals surface area contributed by atoms with Crippen LogP contribution in [0.15, 0.2) is 55.1 Å². The number of nitrogens with one attached hydrogen (secondary N) is 2. The second-order valence-corrected chi connectivity index (χ2v) is 6.95. The van der Waals surface area contributed by atoms with Crippen molar-refractivity contribution >= 4 is 16.9 Å². The molecule has 4 rings (SSSR count). The summed E-state index contributed by atoms with van der Waals surface area (Å²) >= 11 is 0. The lowest BCUT2D eigenvalue weighted by atomic mass is 10.1. The molecule has 4 aromatic heterocycles. The number of alkyl halides is 3. The quantitative estimate of drug-likeness (QED) is 0.351. The number of aromatic nitrogens is 4. The van der Waals surface area contributed by atoms with Gasteiger partial charge < -0.3 is 10.3 Å². The molecule has 1 atom stereocenters. The number of halogens is 4. The Hall–Kier alpha value is -3.49. The number of hydrogen-bond acceptors (Lipinski definition) is 4. The van der Waals surface area contributed by atoms with Crippen molar-refractivity contribution in [2.45, 2.75) is 25.6 Å². The summed E-state index contributed by atoms with van der Waals surface area (Å²) < 4.78 is 55.0. The van der Waals surface area contributed by atoms with Gasteiger partial charge in [-0.15, -0.1) is 0 Å². The molecule has 30 heavy (non-hydrogen) atoms. The molecule has 0 fully saturated rings. The zero-order valence-corrected chi connectivity index (χ0v) is 15.8. The monoisotopic (exact) mass is 415 g/mol. The largest absolute Gasteiger partial charge is 0.412 e. The Kier molecular flexibility index (Phi) is 5.11. The molecular formula is C21H17F4N5. The molecule has 2 N–H and O–H groups in total. The van der Waals surface area contributed by atoms with E-state index in [0.29, 0.717) is 5.65 Å². The Labute approximate surface area is 169 Å². The first-order chi connectivity index (χ1) is 14.3. The molecule has 0 saturated carbocycles. The maximum Gasteiger partial charge on any atom is 0.412 e. The van der Waals surface area contributed by atoms with Gasteiger partial charge in [0, 0.05) is 47.7 Å². The summed E-state index contributed by atoms with van der Waals surface area (Å²) in [6.45, 7) is 1.91. The third-order valence-corrected chi connectivity index (χ3v) is 4.70. The number of aromatic amines is 1. The van der Waals surface area contributed by atoms with Crippen LogP contribution in [0, 0.1) is 12.9 Å². The smallest absolute Gasteiger partial charge is 0.355 e. The van der Waals surface area contributed by atoms with Gasteiger partial charge in [-0.3, -0.25) is 4.98 Å². The lowest BCUT2D eigenvalue weighted by molar-refractivity contribution is -0.144. The zero-order chi connectivity index (χ0) is 21.3. The highest BCUT2D eigenvalue weighted by atomic mass is 19.4. The molecule has 0 saturated heterocycles. The van der Waals surface area contributed by atoms with Crippen LogP contribution in [0.25, 0.3) is 11.0 Å². The van der Waals surface area contributed by atoms with Crippen LogP contribution < -0.4 is 5.32 Å². The number of rotatable bonds is 5. The predicted octanol–water partition coefficient (Wildman–Crippen LogP) is 5.11. The van der Waals surface area contributed by atoms with E-state index in [0.717, 1.165) is 22.7 Å². The van der Waals surface area contributed by atoms with Gasteiger partial charge >= 0.3 is 6.18 Å². The topological polar surface area (TPSA) is 66.5 Å². The van der Waals surface area contributed by atoms with Crippen molar-refractivity contribution in [1.82, 2.24) is 19.9 Å². The highest BCUT2D eigenvalue weighted by Gasteiger charge is 2.41. The SMILES string of the molecule is Cc1cnc2[nH]cc(Cc3ccc(NC(c4cccnc4)C(F)(F)F)nc3F)c2c1. The Morgan fingerprint density at radius 1 is 1.13 bits per heavy atom. The summed E-state index contributed by atoms with van der Waals surface area (Å²) in [5.41, 5.74) is 2.67. The lowest BCUT2D eigenvalue weighted by Crippen LogP contribution is -2.28. The molecule has 5 nitrogen and oxygen atoms in total. The fourth-order valence-corrected chi connectivity index (χ4v) is 3.24. The van der Waals surface area contributed by atoms with E-state index in [1.54, 1.807) is 12.4 Å². The van der Waals surface area contributed by atoms with Gasteiger partial charge in [-0.25, -0.2) is 9.97 Å². The number of aryl methyl sites for hydroxylation is 1. The van der Waals surface area contributed by atoms with Crippen LogP contribution in [0.5, 0.6) is 0 Å². The van der Waals surface area contributed by atoms with Crippen molar-refractivity contribution in [2.75, 3.05) is 5.32 Å². The Balaban J connectivity index is 1.59. The third-order valence-electron chi connectivity index (χ3n) is 4.70. The minimum atomic E-state index is -4.60. The van der Waals surface area contributed by atoms with Crippen molar-refractivity contribution in [2.24, 2.45) is 0 Å². The molecule has 1 unspecified atom stereocenters. The van der Waals surface area contributed by atoms with Crippen molar-refractivity contribution < 1.29 is 17.6 Å². The maximum atomic E-state index is 14.6. The Morgan fingerprint density at radius 3 is 2.67 bits per heavy atom. The minimum absolute atomic E-state index is 0.0852. The second-order valence-electron chi connectivity index (χ2n) is 6.95. The standard InChI is InChI=1S/C21H17F4N5/c1-12-7-16-15(11-28-20(16)27-9-12)8-13-4-5-17(30-19(13)22)29-18(21(23,24)25)14-3-2-6-26-10-14/h2-7,9-11,18H,8H2,1H3,(H,27,28)(H,29,30). The van der Waals surface area contributed by atoms with E-state index in [4.69, 9.17) is 0 Å². The first kappa shape index (κ1) is 19.8. The predicted molar refractivity (Wildman–Crippen MR) is 104 cm³/mol. The number of anilines is 1. The highest BCUT2D eigenvalue weighted by Crippen LogP contribution is 2.35. The molecule has 0 amide bonds. The van der Waals surface area contributed by atoms with Gasteiger partial charge in [-0.1, -0.05) is 12.1 Å². The number of H-pyrrole nitrogens is 1. The van der Waals surface area contributed by atoms with Crippen LogP contribution in [0.2, 0.25) is 0 Å². The molecular weight excluding hydrogens is 398 g/mol. The van der Waals surface area contributed by atoms with Gasteiger partial charge in [-0.05, 0) is 36.2 Å². The summed E-state index contributed by atoms with van der Waals surface area (Å²) in [6, 6.07) is 5.37. The molecule has 0 spiro atoms. The van der Waals surface area contributed by atoms with Crippen molar-refractivity contribution in [3.63, 3.8) is 0 Å². The van der Waals surface area contributed by atoms with Crippen LogP contribution in [0.3, 0.4) is 0 Å². The van der Waals surface area contributed by atoms with Crippen LogP contribution >= 0.6 is 0 Å². The molecule has 154 valence electrons. The van der Waals surface area contributed by atoms with E-state index >= 15 is 0 Å². The summed E-state index contributed by atoms with van der Waals surface area (Å²) in [4.78, 5) is 14.7. The summed E-state index contributed by atoms with van der Waals surface area (Å²) in [6.07, 6.45) is 1.59. The van der Waals surface area contributed by atoms with E-state index in [-0.39, 0.29) is 23.4 Å². The van der Waals surface area contributed by atoms with Crippen LogP contribution in [-0.4, -0.2) is 26.1 Å². The van der Waals surface area contributed by atoms with E-state index in [9.17, 15) is 17.6 Å². The van der Waals surface area contributed by atoms with Crippen LogP contribution in [-0.2, 0) is 6.42 Å². The van der Waals surface area contributed by atoms with Gasteiger partial charge in [0.15, 0.2) is 6.04 Å². The third kappa shape index (κ3) is 4.10. The highest BCUT2D eigenvalue weighted by molar-refractivity contribution is 5.80. The number of nitrogens with zero attached hydrogens (tertiary/aromatic N) is 3. The van der Waals surface area contributed by atoms with E-state index in [2.05, 4.69) is 25.3 Å². The lowest BCUT2D eigenvalue weighted by Gasteiger charge is -2.22. The molecule has 4 aromatic rings. The van der Waals surface area contributed by atoms with Crippen molar-refractivity contribution in [1.29, 1.82) is 0 Å². The Bertz CT molecular complexity index is 1170. The maximum absolute atomic E-state index is 14.6. The average Bonchev–Trinajstić information content (AvgIpc) is 3.10. The normalized spacial score (nSPS) is 12.8. The molecule has 0 aliphatic carbocycles. The van der Waals surface area contributed by atoms with Crippen LogP contribution in [0.1, 0.15) is 28.3 Å². The number of fused-ring (bicyclic) bond motifs is 1. The summed E-state index contributed by atoms with van der Waals surface area (Å²) in [5.74, 6) is -1.04. The number of pyridine rings is 3. The molecule has 9 heteroatoms. The first-order valence-corrected chi connectivity index (χ1v) is 9.12. The van der Waals surface area contributed by atoms with Crippen LogP contribution in [0.4, 0.5) is 23.4 Å². The van der Waals surface area contributed by atoms with Gasteiger partial charge in [-0.2, -0.15) is 17.6 Å². The fraction of sp³-hybridized carbons (Fsp3) is 0.190. The number of hydrogen-bond donors (Lipinski definition) is 2. The van der Waals surface area contributed by atoms with Gasteiger partial charge in [0.1, 0.15) is 11.5 Å². The molecule has 0 aliphatic rings. The van der Waals surface area contributed by atoms with Gasteiger partial charge in [0.25, 0.3) is 0 Å². The average molecular weight is 415 g/mol. The molecule has 0 bridgehead atoms. The summed E-state index contributed by atoms with van der Waals surface area (Å²) in [5, 5.41) is 3.13. The molecule has 0 aromatic carbocycles. The van der Waals surface area contributed by atoms with E-state index in [1.165, 1.54) is 30.5 Å². The van der Waals surface area contributed by atoms with Gasteiger partial charge in [0.05, 0.1) is 0 Å². The Morgan fingerprint density at radius 2 is 1.97 bits per heavy atom. The van der Waals surface area contributed by atoms with E-state index < -0.39 is 18.2 Å². The summed E-state index contributed by atoms with van der Waals surface area (Å²) in [7, 11) is 0. The van der Waals surface area contributed by atoms with Crippen molar-refractivity contribution in [3.05, 3.63) is 83.3 Å². The molecule has 0 radical (unpaired) electrons.